The van der Waals surface area contributed by atoms with Crippen LogP contribution in [0.15, 0.2) is 67.6 Å². The summed E-state index contributed by atoms with van der Waals surface area (Å²) in [7, 11) is 0. The van der Waals surface area contributed by atoms with Gasteiger partial charge in [-0.2, -0.15) is 5.10 Å². The zero-order valence-electron chi connectivity index (χ0n) is 13.6. The van der Waals surface area contributed by atoms with E-state index in [0.29, 0.717) is 0 Å². The minimum Gasteiger partial charge on any atom is -0.378 e. The number of aromatic amines is 1. The average Bonchev–Trinajstić information content (AvgIpc) is 3.04. The molecule has 0 amide bonds. The molecule has 3 aromatic rings. The molecule has 0 spiro atoms. The molecule has 0 aliphatic rings. The summed E-state index contributed by atoms with van der Waals surface area (Å²) in [6, 6.07) is 14.2. The number of aromatic nitrogens is 3. The second-order valence-electron chi connectivity index (χ2n) is 5.31. The van der Waals surface area contributed by atoms with Crippen molar-refractivity contribution in [2.24, 2.45) is 0 Å². The second-order valence-corrected chi connectivity index (χ2v) is 5.31. The first kappa shape index (κ1) is 16.5. The zero-order valence-corrected chi connectivity index (χ0v) is 13.6. The number of rotatable bonds is 4. The Kier molecular flexibility index (Phi) is 6.12. The second kappa shape index (κ2) is 8.54. The summed E-state index contributed by atoms with van der Waals surface area (Å²) >= 11 is 0. The molecule has 0 saturated heterocycles. The summed E-state index contributed by atoms with van der Waals surface area (Å²) in [5, 5.41) is 10.3. The maximum Gasteiger partial charge on any atom is 0.0833 e. The van der Waals surface area contributed by atoms with E-state index in [1.165, 1.54) is 11.1 Å². The lowest BCUT2D eigenvalue weighted by molar-refractivity contribution is 1.07. The van der Waals surface area contributed by atoms with E-state index in [1.807, 2.05) is 50.4 Å². The van der Waals surface area contributed by atoms with Crippen molar-refractivity contribution in [3.63, 3.8) is 0 Å². The summed E-state index contributed by atoms with van der Waals surface area (Å²) in [5.74, 6) is 0. The van der Waals surface area contributed by atoms with Crippen LogP contribution in [0.5, 0.6) is 0 Å². The number of allylic oxidation sites excluding steroid dienone is 1. The van der Waals surface area contributed by atoms with Crippen LogP contribution in [0.25, 0.3) is 5.57 Å². The molecule has 0 aliphatic carbocycles. The van der Waals surface area contributed by atoms with Crippen LogP contribution in [0, 0.1) is 6.92 Å². The number of H-pyrrole nitrogens is 1. The Morgan fingerprint density at radius 1 is 1.13 bits per heavy atom. The molecule has 4 nitrogen and oxygen atoms in total. The molecule has 4 heteroatoms. The molecule has 2 aromatic heterocycles. The third-order valence-corrected chi connectivity index (χ3v) is 3.20. The summed E-state index contributed by atoms with van der Waals surface area (Å²) in [5.41, 5.74) is 5.40. The van der Waals surface area contributed by atoms with E-state index in [4.69, 9.17) is 0 Å². The predicted molar refractivity (Wildman–Crippen MR) is 96.0 cm³/mol. The Morgan fingerprint density at radius 2 is 1.91 bits per heavy atom. The van der Waals surface area contributed by atoms with Crippen LogP contribution in [0.1, 0.15) is 23.7 Å². The highest BCUT2D eigenvalue weighted by Gasteiger charge is 2.04. The van der Waals surface area contributed by atoms with Crippen molar-refractivity contribution < 1.29 is 0 Å². The number of hydrogen-bond donors (Lipinski definition) is 2. The number of benzene rings is 1. The Labute approximate surface area is 137 Å². The Balaban J connectivity index is 0.000000229. The molecule has 2 N–H and O–H groups in total. The molecule has 2 heterocycles. The van der Waals surface area contributed by atoms with Gasteiger partial charge in [0, 0.05) is 18.9 Å². The van der Waals surface area contributed by atoms with Crippen LogP contribution in [0.2, 0.25) is 0 Å². The maximum absolute atomic E-state index is 4.01. The SMILES string of the molecule is C=C(C)c1[nH]ncc1NCc1ccccc1.Cc1cccnc1. The van der Waals surface area contributed by atoms with Crippen molar-refractivity contribution in [3.8, 4) is 0 Å². The van der Waals surface area contributed by atoms with E-state index in [0.717, 1.165) is 23.5 Å². The molecule has 0 atom stereocenters. The number of pyridine rings is 1. The molecule has 0 radical (unpaired) electrons. The monoisotopic (exact) mass is 306 g/mol. The zero-order chi connectivity index (χ0) is 16.5. The highest BCUT2D eigenvalue weighted by molar-refractivity contribution is 5.70. The lowest BCUT2D eigenvalue weighted by Crippen LogP contribution is -2.00. The highest BCUT2D eigenvalue weighted by Crippen LogP contribution is 2.19. The van der Waals surface area contributed by atoms with E-state index in [1.54, 1.807) is 12.4 Å². The fourth-order valence-electron chi connectivity index (χ4n) is 1.99. The standard InChI is InChI=1S/C13H15N3.C6H7N/c1-10(2)13-12(9-15-16-13)14-8-11-6-4-3-5-7-11;1-6-3-2-4-7-5-6/h3-7,9,14H,1,8H2,2H3,(H,15,16);2-5H,1H3. The van der Waals surface area contributed by atoms with Gasteiger partial charge in [-0.25, -0.2) is 0 Å². The van der Waals surface area contributed by atoms with Crippen molar-refractivity contribution in [3.05, 3.63) is 84.5 Å². The fraction of sp³-hybridized carbons (Fsp3) is 0.158. The molecule has 0 fully saturated rings. The summed E-state index contributed by atoms with van der Waals surface area (Å²) in [4.78, 5) is 3.88. The molecule has 0 aliphatic heterocycles. The molecule has 0 unspecified atom stereocenters. The first-order chi connectivity index (χ1) is 11.2. The average molecular weight is 306 g/mol. The van der Waals surface area contributed by atoms with E-state index < -0.39 is 0 Å². The molecule has 0 saturated carbocycles. The highest BCUT2D eigenvalue weighted by atomic mass is 15.1. The minimum atomic E-state index is 0.792. The van der Waals surface area contributed by atoms with E-state index >= 15 is 0 Å². The van der Waals surface area contributed by atoms with Crippen molar-refractivity contribution in [2.45, 2.75) is 20.4 Å². The molecule has 1 aromatic carbocycles. The van der Waals surface area contributed by atoms with Crippen LogP contribution in [-0.4, -0.2) is 15.2 Å². The van der Waals surface area contributed by atoms with E-state index in [2.05, 4.69) is 39.2 Å². The third kappa shape index (κ3) is 5.43. The van der Waals surface area contributed by atoms with Gasteiger partial charge < -0.3 is 5.32 Å². The number of nitrogens with zero attached hydrogens (tertiary/aromatic N) is 2. The van der Waals surface area contributed by atoms with Gasteiger partial charge in [0.2, 0.25) is 0 Å². The van der Waals surface area contributed by atoms with Gasteiger partial charge in [-0.15, -0.1) is 0 Å². The quantitative estimate of drug-likeness (QED) is 0.749. The van der Waals surface area contributed by atoms with Crippen LogP contribution >= 0.6 is 0 Å². The summed E-state index contributed by atoms with van der Waals surface area (Å²) < 4.78 is 0. The van der Waals surface area contributed by atoms with Gasteiger partial charge in [0.25, 0.3) is 0 Å². The first-order valence-corrected chi connectivity index (χ1v) is 7.50. The molecular weight excluding hydrogens is 284 g/mol. The fourth-order valence-corrected chi connectivity index (χ4v) is 1.99. The van der Waals surface area contributed by atoms with Crippen molar-refractivity contribution >= 4 is 11.3 Å². The predicted octanol–water partition coefficient (Wildman–Crippen LogP) is 4.44. The largest absolute Gasteiger partial charge is 0.378 e. The van der Waals surface area contributed by atoms with Gasteiger partial charge in [0.1, 0.15) is 0 Å². The maximum atomic E-state index is 4.01. The van der Waals surface area contributed by atoms with Gasteiger partial charge in [0.15, 0.2) is 0 Å². The molecule has 3 rings (SSSR count). The van der Waals surface area contributed by atoms with Crippen LogP contribution in [-0.2, 0) is 6.54 Å². The topological polar surface area (TPSA) is 53.6 Å². The van der Waals surface area contributed by atoms with Crippen LogP contribution in [0.3, 0.4) is 0 Å². The third-order valence-electron chi connectivity index (χ3n) is 3.20. The molecule has 23 heavy (non-hydrogen) atoms. The van der Waals surface area contributed by atoms with Gasteiger partial charge in [0.05, 0.1) is 17.6 Å². The van der Waals surface area contributed by atoms with Crippen molar-refractivity contribution in [1.82, 2.24) is 15.2 Å². The van der Waals surface area contributed by atoms with Crippen LogP contribution in [0.4, 0.5) is 5.69 Å². The Hall–Kier alpha value is -2.88. The van der Waals surface area contributed by atoms with Crippen molar-refractivity contribution in [1.29, 1.82) is 0 Å². The summed E-state index contributed by atoms with van der Waals surface area (Å²) in [6.07, 6.45) is 5.39. The lowest BCUT2D eigenvalue weighted by Gasteiger charge is -2.06. The van der Waals surface area contributed by atoms with Gasteiger partial charge >= 0.3 is 0 Å². The number of nitrogens with one attached hydrogen (secondary N) is 2. The van der Waals surface area contributed by atoms with Gasteiger partial charge in [-0.05, 0) is 36.6 Å². The van der Waals surface area contributed by atoms with Crippen LogP contribution < -0.4 is 5.32 Å². The number of aryl methyl sites for hydroxylation is 1. The minimum absolute atomic E-state index is 0.792. The van der Waals surface area contributed by atoms with E-state index in [-0.39, 0.29) is 0 Å². The van der Waals surface area contributed by atoms with Gasteiger partial charge in [-0.1, -0.05) is 43.0 Å². The Morgan fingerprint density at radius 3 is 2.48 bits per heavy atom. The van der Waals surface area contributed by atoms with E-state index in [9.17, 15) is 0 Å². The summed E-state index contributed by atoms with van der Waals surface area (Å²) in [6.45, 7) is 8.67. The normalized spacial score (nSPS) is 9.65. The molecule has 118 valence electrons. The smallest absolute Gasteiger partial charge is 0.0833 e. The molecular formula is C19H22N4. The lowest BCUT2D eigenvalue weighted by atomic mass is 10.2. The number of hydrogen-bond acceptors (Lipinski definition) is 3. The first-order valence-electron chi connectivity index (χ1n) is 7.50. The Bertz CT molecular complexity index is 717. The van der Waals surface area contributed by atoms with Gasteiger partial charge in [-0.3, -0.25) is 10.1 Å². The van der Waals surface area contributed by atoms with Crippen molar-refractivity contribution in [2.75, 3.05) is 5.32 Å². The number of anilines is 1. The molecule has 0 bridgehead atoms.